The van der Waals surface area contributed by atoms with E-state index in [1.807, 2.05) is 18.3 Å². The Morgan fingerprint density at radius 3 is 2.97 bits per heavy atom. The second-order valence-electron chi connectivity index (χ2n) is 8.64. The minimum atomic E-state index is -0.474. The average Bonchev–Trinajstić information content (AvgIpc) is 3.21. The Morgan fingerprint density at radius 1 is 1.28 bits per heavy atom. The predicted octanol–water partition coefficient (Wildman–Crippen LogP) is 2.97. The number of rotatable bonds is 8. The van der Waals surface area contributed by atoms with Gasteiger partial charge in [0.1, 0.15) is 18.5 Å². The van der Waals surface area contributed by atoms with Crippen LogP contribution in [-0.4, -0.2) is 64.0 Å². The lowest BCUT2D eigenvalue weighted by molar-refractivity contribution is 0.0556. The monoisotopic (exact) mass is 398 g/mol. The van der Waals surface area contributed by atoms with Crippen molar-refractivity contribution in [2.24, 2.45) is 0 Å². The van der Waals surface area contributed by atoms with E-state index in [9.17, 15) is 5.11 Å². The van der Waals surface area contributed by atoms with Crippen LogP contribution >= 0.6 is 0 Å². The van der Waals surface area contributed by atoms with E-state index in [1.165, 1.54) is 48.9 Å². The fourth-order valence-corrected chi connectivity index (χ4v) is 4.67. The van der Waals surface area contributed by atoms with E-state index in [0.29, 0.717) is 19.2 Å². The molecule has 1 fully saturated rings. The Kier molecular flexibility index (Phi) is 6.85. The van der Waals surface area contributed by atoms with Gasteiger partial charge in [-0.3, -0.25) is 10.00 Å². The zero-order valence-corrected chi connectivity index (χ0v) is 17.5. The largest absolute Gasteiger partial charge is 0.491 e. The van der Waals surface area contributed by atoms with E-state index in [2.05, 4.69) is 39.2 Å². The first kappa shape index (κ1) is 20.4. The smallest absolute Gasteiger partial charge is 0.123 e. The Hall–Kier alpha value is -1.89. The van der Waals surface area contributed by atoms with Crippen LogP contribution in [0, 0.1) is 0 Å². The van der Waals surface area contributed by atoms with Crippen LogP contribution in [0.5, 0.6) is 5.75 Å². The normalized spacial score (nSPS) is 19.3. The predicted molar refractivity (Wildman–Crippen MR) is 114 cm³/mol. The SMILES string of the molecule is CN(CC(O)COc1ccccc1CN1CCc2[nH]ncc2C1)C1CCCCC1. The molecular weight excluding hydrogens is 364 g/mol. The molecule has 1 unspecified atom stereocenters. The highest BCUT2D eigenvalue weighted by Crippen LogP contribution is 2.24. The average molecular weight is 399 g/mol. The van der Waals surface area contributed by atoms with E-state index >= 15 is 0 Å². The Morgan fingerprint density at radius 2 is 2.10 bits per heavy atom. The zero-order chi connectivity index (χ0) is 20.1. The number of aromatic amines is 1. The molecule has 6 nitrogen and oxygen atoms in total. The van der Waals surface area contributed by atoms with Crippen molar-refractivity contribution in [1.82, 2.24) is 20.0 Å². The van der Waals surface area contributed by atoms with Crippen LogP contribution < -0.4 is 4.74 Å². The molecule has 0 saturated heterocycles. The number of aliphatic hydroxyl groups excluding tert-OH is 1. The zero-order valence-electron chi connectivity index (χ0n) is 17.5. The molecule has 1 saturated carbocycles. The van der Waals surface area contributed by atoms with E-state index < -0.39 is 6.10 Å². The van der Waals surface area contributed by atoms with Crippen molar-refractivity contribution in [3.05, 3.63) is 47.3 Å². The fourth-order valence-electron chi connectivity index (χ4n) is 4.67. The number of fused-ring (bicyclic) bond motifs is 1. The highest BCUT2D eigenvalue weighted by Gasteiger charge is 2.21. The fraction of sp³-hybridized carbons (Fsp3) is 0.609. The summed E-state index contributed by atoms with van der Waals surface area (Å²) in [5.74, 6) is 0.880. The third-order valence-electron chi connectivity index (χ3n) is 6.37. The molecule has 6 heteroatoms. The lowest BCUT2D eigenvalue weighted by atomic mass is 9.94. The van der Waals surface area contributed by atoms with Crippen LogP contribution in [0.3, 0.4) is 0 Å². The number of hydrogen-bond acceptors (Lipinski definition) is 5. The lowest BCUT2D eigenvalue weighted by Gasteiger charge is -2.32. The summed E-state index contributed by atoms with van der Waals surface area (Å²) in [4.78, 5) is 4.74. The summed E-state index contributed by atoms with van der Waals surface area (Å²) in [6, 6.07) is 8.81. The maximum atomic E-state index is 10.5. The third-order valence-corrected chi connectivity index (χ3v) is 6.37. The summed E-state index contributed by atoms with van der Waals surface area (Å²) in [6.07, 6.45) is 8.94. The van der Waals surface area contributed by atoms with Crippen molar-refractivity contribution in [1.29, 1.82) is 0 Å². The standard InChI is InChI=1S/C23H34N4O2/c1-26(20-8-3-2-4-9-20)16-21(28)17-29-23-10-6-5-7-18(23)14-27-12-11-22-19(15-27)13-24-25-22/h5-7,10,13,20-21,28H,2-4,8-9,11-12,14-17H2,1H3,(H,24,25). The van der Waals surface area contributed by atoms with Gasteiger partial charge in [0, 0.05) is 55.5 Å². The highest BCUT2D eigenvalue weighted by molar-refractivity contribution is 5.33. The Bertz CT molecular complexity index is 772. The van der Waals surface area contributed by atoms with Gasteiger partial charge in [-0.05, 0) is 26.0 Å². The van der Waals surface area contributed by atoms with Gasteiger partial charge in [-0.15, -0.1) is 0 Å². The van der Waals surface area contributed by atoms with E-state index in [-0.39, 0.29) is 0 Å². The van der Waals surface area contributed by atoms with Gasteiger partial charge in [-0.25, -0.2) is 0 Å². The molecule has 0 spiro atoms. The second-order valence-corrected chi connectivity index (χ2v) is 8.64. The number of H-pyrrole nitrogens is 1. The first-order valence-corrected chi connectivity index (χ1v) is 11.0. The minimum Gasteiger partial charge on any atom is -0.491 e. The summed E-state index contributed by atoms with van der Waals surface area (Å²) >= 11 is 0. The van der Waals surface area contributed by atoms with Crippen LogP contribution in [0.1, 0.15) is 48.9 Å². The molecule has 4 rings (SSSR count). The minimum absolute atomic E-state index is 0.333. The number of benzene rings is 1. The summed E-state index contributed by atoms with van der Waals surface area (Å²) in [5, 5.41) is 17.8. The molecule has 1 aromatic carbocycles. The Labute approximate surface area is 173 Å². The topological polar surface area (TPSA) is 64.6 Å². The summed E-state index contributed by atoms with van der Waals surface area (Å²) in [5.41, 5.74) is 3.72. The summed E-state index contributed by atoms with van der Waals surface area (Å²) in [6.45, 7) is 3.77. The van der Waals surface area contributed by atoms with Crippen LogP contribution in [0.4, 0.5) is 0 Å². The number of likely N-dealkylation sites (N-methyl/N-ethyl adjacent to an activating group) is 1. The molecule has 2 aromatic rings. The number of nitrogens with zero attached hydrogens (tertiary/aromatic N) is 3. The molecular formula is C23H34N4O2. The lowest BCUT2D eigenvalue weighted by Crippen LogP contribution is -2.40. The highest BCUT2D eigenvalue weighted by atomic mass is 16.5. The van der Waals surface area contributed by atoms with Gasteiger partial charge < -0.3 is 14.7 Å². The van der Waals surface area contributed by atoms with E-state index in [4.69, 9.17) is 4.74 Å². The van der Waals surface area contributed by atoms with Crippen LogP contribution in [-0.2, 0) is 19.5 Å². The molecule has 1 atom stereocenters. The van der Waals surface area contributed by atoms with Crippen LogP contribution in [0.2, 0.25) is 0 Å². The molecule has 29 heavy (non-hydrogen) atoms. The van der Waals surface area contributed by atoms with Gasteiger partial charge in [-0.1, -0.05) is 37.5 Å². The van der Waals surface area contributed by atoms with Gasteiger partial charge in [0.05, 0.1) is 6.20 Å². The van der Waals surface area contributed by atoms with Crippen molar-refractivity contribution in [2.45, 2.75) is 63.8 Å². The van der Waals surface area contributed by atoms with Crippen molar-refractivity contribution < 1.29 is 9.84 Å². The molecule has 2 heterocycles. The quantitative estimate of drug-likeness (QED) is 0.716. The van der Waals surface area contributed by atoms with Gasteiger partial charge in [-0.2, -0.15) is 5.10 Å². The number of para-hydroxylation sites is 1. The molecule has 2 aliphatic rings. The second kappa shape index (κ2) is 9.74. The molecule has 158 valence electrons. The van der Waals surface area contributed by atoms with E-state index in [0.717, 1.165) is 31.8 Å². The molecule has 0 bridgehead atoms. The van der Waals surface area contributed by atoms with Crippen LogP contribution in [0.25, 0.3) is 0 Å². The third kappa shape index (κ3) is 5.38. The van der Waals surface area contributed by atoms with Crippen molar-refractivity contribution in [3.8, 4) is 5.75 Å². The molecule has 1 aliphatic carbocycles. The first-order chi connectivity index (χ1) is 14.2. The van der Waals surface area contributed by atoms with Gasteiger partial charge in [0.25, 0.3) is 0 Å². The van der Waals surface area contributed by atoms with E-state index in [1.54, 1.807) is 0 Å². The molecule has 1 aromatic heterocycles. The summed E-state index contributed by atoms with van der Waals surface area (Å²) in [7, 11) is 2.13. The van der Waals surface area contributed by atoms with Gasteiger partial charge >= 0.3 is 0 Å². The number of ether oxygens (including phenoxy) is 1. The van der Waals surface area contributed by atoms with Crippen molar-refractivity contribution in [3.63, 3.8) is 0 Å². The number of aromatic nitrogens is 2. The van der Waals surface area contributed by atoms with Crippen LogP contribution in [0.15, 0.2) is 30.5 Å². The summed E-state index contributed by atoms with van der Waals surface area (Å²) < 4.78 is 6.06. The number of hydrogen-bond donors (Lipinski definition) is 2. The number of nitrogens with one attached hydrogen (secondary N) is 1. The Balaban J connectivity index is 1.29. The van der Waals surface area contributed by atoms with Crippen molar-refractivity contribution in [2.75, 3.05) is 26.7 Å². The molecule has 0 radical (unpaired) electrons. The molecule has 1 aliphatic heterocycles. The maximum Gasteiger partial charge on any atom is 0.123 e. The van der Waals surface area contributed by atoms with Crippen molar-refractivity contribution >= 4 is 0 Å². The van der Waals surface area contributed by atoms with Gasteiger partial charge in [0.15, 0.2) is 0 Å². The van der Waals surface area contributed by atoms with Gasteiger partial charge in [0.2, 0.25) is 0 Å². The molecule has 2 N–H and O–H groups in total. The first-order valence-electron chi connectivity index (χ1n) is 11.0. The molecule has 0 amide bonds. The number of aliphatic hydroxyl groups is 1. The maximum absolute atomic E-state index is 10.5.